The molecule has 0 aromatic rings. The number of nitrogens with zero attached hydrogens (tertiary/aromatic N) is 2. The quantitative estimate of drug-likeness (QED) is 0.712. The second-order valence-corrected chi connectivity index (χ2v) is 5.91. The fourth-order valence-electron chi connectivity index (χ4n) is 1.98. The summed E-state index contributed by atoms with van der Waals surface area (Å²) in [4.78, 5) is 6.37. The molecule has 0 aromatic heterocycles. The predicted octanol–water partition coefficient (Wildman–Crippen LogP) is 1.16. The standard InChI is InChI=1S/C10H16N2O2S/c13-15(14)9-11-7-10(15)8-12-5-3-1-2-4-6-12/h7,9H,1-6,8H2. The minimum atomic E-state index is -3.17. The largest absolute Gasteiger partial charge is 0.298 e. The molecule has 0 saturated carbocycles. The first kappa shape index (κ1) is 10.8. The maximum Gasteiger partial charge on any atom is 0.215 e. The zero-order chi connectivity index (χ0) is 10.7. The highest BCUT2D eigenvalue weighted by Gasteiger charge is 2.22. The van der Waals surface area contributed by atoms with Gasteiger partial charge in [-0.1, -0.05) is 12.8 Å². The Labute approximate surface area is 90.6 Å². The topological polar surface area (TPSA) is 49.7 Å². The van der Waals surface area contributed by atoms with E-state index in [1.165, 1.54) is 31.9 Å². The van der Waals surface area contributed by atoms with Gasteiger partial charge in [0.15, 0.2) is 0 Å². The van der Waals surface area contributed by atoms with Gasteiger partial charge in [-0.25, -0.2) is 8.42 Å². The van der Waals surface area contributed by atoms with Gasteiger partial charge < -0.3 is 0 Å². The normalized spacial score (nSPS) is 26.3. The monoisotopic (exact) mass is 228 g/mol. The second-order valence-electron chi connectivity index (χ2n) is 4.09. The van der Waals surface area contributed by atoms with Crippen molar-refractivity contribution in [3.63, 3.8) is 0 Å². The maximum absolute atomic E-state index is 11.5. The Kier molecular flexibility index (Phi) is 3.21. The first-order valence-corrected chi connectivity index (χ1v) is 6.93. The van der Waals surface area contributed by atoms with Crippen LogP contribution in [-0.4, -0.2) is 38.5 Å². The van der Waals surface area contributed by atoms with Crippen LogP contribution < -0.4 is 0 Å². The van der Waals surface area contributed by atoms with E-state index in [0.717, 1.165) is 18.6 Å². The molecule has 0 amide bonds. The van der Waals surface area contributed by atoms with E-state index >= 15 is 0 Å². The highest BCUT2D eigenvalue weighted by molar-refractivity contribution is 8.08. The molecular formula is C10H16N2O2S. The van der Waals surface area contributed by atoms with E-state index in [-0.39, 0.29) is 0 Å². The van der Waals surface area contributed by atoms with Crippen LogP contribution in [0, 0.1) is 0 Å². The van der Waals surface area contributed by atoms with Crippen molar-refractivity contribution in [2.75, 3.05) is 19.6 Å². The number of hydrogen-bond acceptors (Lipinski definition) is 4. The zero-order valence-electron chi connectivity index (χ0n) is 8.72. The van der Waals surface area contributed by atoms with E-state index in [1.807, 2.05) is 0 Å². The first-order valence-electron chi connectivity index (χ1n) is 5.38. The van der Waals surface area contributed by atoms with Crippen molar-refractivity contribution in [2.45, 2.75) is 25.7 Å². The van der Waals surface area contributed by atoms with Gasteiger partial charge in [0.25, 0.3) is 0 Å². The summed E-state index contributed by atoms with van der Waals surface area (Å²) in [5.74, 6) is 0. The third-order valence-corrected chi connectivity index (χ3v) is 4.23. The summed E-state index contributed by atoms with van der Waals surface area (Å²) < 4.78 is 23.0. The third kappa shape index (κ3) is 2.66. The van der Waals surface area contributed by atoms with Crippen molar-refractivity contribution >= 4 is 15.4 Å². The first-order chi connectivity index (χ1) is 7.18. The molecule has 0 unspecified atom stereocenters. The SMILES string of the molecule is O=S1(=O)C=NC=C1CN1CCCCCC1. The molecule has 1 saturated heterocycles. The van der Waals surface area contributed by atoms with Gasteiger partial charge in [0.2, 0.25) is 9.84 Å². The van der Waals surface area contributed by atoms with Crippen LogP contribution in [0.25, 0.3) is 0 Å². The summed E-state index contributed by atoms with van der Waals surface area (Å²) in [5.41, 5.74) is 1.04. The van der Waals surface area contributed by atoms with Gasteiger partial charge in [-0.15, -0.1) is 0 Å². The van der Waals surface area contributed by atoms with E-state index in [9.17, 15) is 8.42 Å². The summed E-state index contributed by atoms with van der Waals surface area (Å²) in [7, 11) is -3.17. The Hall–Kier alpha value is -0.680. The number of sulfone groups is 1. The van der Waals surface area contributed by atoms with Gasteiger partial charge in [-0.3, -0.25) is 9.89 Å². The Morgan fingerprint density at radius 3 is 2.40 bits per heavy atom. The van der Waals surface area contributed by atoms with Gasteiger partial charge in [0, 0.05) is 12.7 Å². The Morgan fingerprint density at radius 2 is 1.87 bits per heavy atom. The van der Waals surface area contributed by atoms with E-state index in [0.29, 0.717) is 11.4 Å². The smallest absolute Gasteiger partial charge is 0.215 e. The van der Waals surface area contributed by atoms with Crippen LogP contribution in [0.5, 0.6) is 0 Å². The van der Waals surface area contributed by atoms with Gasteiger partial charge >= 0.3 is 0 Å². The lowest BCUT2D eigenvalue weighted by Crippen LogP contribution is -2.28. The van der Waals surface area contributed by atoms with Crippen LogP contribution in [0.15, 0.2) is 16.1 Å². The lowest BCUT2D eigenvalue weighted by molar-refractivity contribution is 0.313. The lowest BCUT2D eigenvalue weighted by atomic mass is 10.2. The fraction of sp³-hybridized carbons (Fsp3) is 0.700. The molecule has 0 atom stereocenters. The van der Waals surface area contributed by atoms with Crippen molar-refractivity contribution in [3.8, 4) is 0 Å². The molecule has 2 aliphatic heterocycles. The van der Waals surface area contributed by atoms with Crippen LogP contribution in [0.2, 0.25) is 0 Å². The van der Waals surface area contributed by atoms with E-state index < -0.39 is 9.84 Å². The number of rotatable bonds is 2. The van der Waals surface area contributed by atoms with Crippen LogP contribution in [0.1, 0.15) is 25.7 Å². The molecule has 4 nitrogen and oxygen atoms in total. The molecule has 2 aliphatic rings. The highest BCUT2D eigenvalue weighted by atomic mass is 32.2. The fourth-order valence-corrected chi connectivity index (χ4v) is 2.91. The van der Waals surface area contributed by atoms with Crippen molar-refractivity contribution in [1.29, 1.82) is 0 Å². The van der Waals surface area contributed by atoms with E-state index in [1.54, 1.807) is 0 Å². The molecule has 0 N–H and O–H groups in total. The molecule has 2 rings (SSSR count). The summed E-state index contributed by atoms with van der Waals surface area (Å²) in [6, 6.07) is 0. The average molecular weight is 228 g/mol. The molecule has 1 fully saturated rings. The Bertz CT molecular complexity index is 376. The van der Waals surface area contributed by atoms with Gasteiger partial charge in [-0.05, 0) is 25.9 Å². The molecule has 15 heavy (non-hydrogen) atoms. The van der Waals surface area contributed by atoms with Crippen molar-refractivity contribution < 1.29 is 8.42 Å². The molecule has 0 bridgehead atoms. The minimum absolute atomic E-state index is 0.449. The molecule has 84 valence electrons. The minimum Gasteiger partial charge on any atom is -0.298 e. The third-order valence-electron chi connectivity index (χ3n) is 2.86. The maximum atomic E-state index is 11.5. The average Bonchev–Trinajstić information content (AvgIpc) is 2.43. The van der Waals surface area contributed by atoms with Gasteiger partial charge in [0.1, 0.15) is 5.55 Å². The van der Waals surface area contributed by atoms with Crippen LogP contribution in [0.4, 0.5) is 0 Å². The molecule has 0 radical (unpaired) electrons. The molecule has 5 heteroatoms. The van der Waals surface area contributed by atoms with E-state index in [2.05, 4.69) is 9.89 Å². The number of hydrogen-bond donors (Lipinski definition) is 0. The summed E-state index contributed by atoms with van der Waals surface area (Å²) in [6.07, 6.45) is 6.35. The van der Waals surface area contributed by atoms with Crippen LogP contribution in [-0.2, 0) is 9.84 Å². The van der Waals surface area contributed by atoms with Crippen molar-refractivity contribution in [2.24, 2.45) is 4.99 Å². The molecule has 0 aliphatic carbocycles. The van der Waals surface area contributed by atoms with Gasteiger partial charge in [0.05, 0.1) is 4.91 Å². The number of aliphatic imine (C=N–C) groups is 1. The molecule has 2 heterocycles. The molecule has 0 aromatic carbocycles. The van der Waals surface area contributed by atoms with Crippen molar-refractivity contribution in [1.82, 2.24) is 4.90 Å². The van der Waals surface area contributed by atoms with Crippen LogP contribution >= 0.6 is 0 Å². The highest BCUT2D eigenvalue weighted by Crippen LogP contribution is 2.16. The Balaban J connectivity index is 1.97. The zero-order valence-corrected chi connectivity index (χ0v) is 9.54. The van der Waals surface area contributed by atoms with E-state index in [4.69, 9.17) is 0 Å². The summed E-state index contributed by atoms with van der Waals surface area (Å²) >= 11 is 0. The predicted molar refractivity (Wildman–Crippen MR) is 60.4 cm³/mol. The summed E-state index contributed by atoms with van der Waals surface area (Å²) in [5, 5.41) is 0. The molecular weight excluding hydrogens is 212 g/mol. The molecule has 0 spiro atoms. The van der Waals surface area contributed by atoms with Gasteiger partial charge in [-0.2, -0.15) is 0 Å². The Morgan fingerprint density at radius 1 is 1.20 bits per heavy atom. The lowest BCUT2D eigenvalue weighted by Gasteiger charge is -2.19. The summed E-state index contributed by atoms with van der Waals surface area (Å²) in [6.45, 7) is 2.54. The second kappa shape index (κ2) is 4.45. The van der Waals surface area contributed by atoms with Crippen LogP contribution in [0.3, 0.4) is 0 Å². The number of likely N-dealkylation sites (tertiary alicyclic amines) is 1. The van der Waals surface area contributed by atoms with Crippen molar-refractivity contribution in [3.05, 3.63) is 11.1 Å².